The highest BCUT2D eigenvalue weighted by molar-refractivity contribution is 9.09. The first kappa shape index (κ1) is 12.0. The Bertz CT molecular complexity index is 200. The number of aliphatic hydroxyl groups excluding tert-OH is 1. The van der Waals surface area contributed by atoms with Gasteiger partial charge in [0.1, 0.15) is 0 Å². The van der Waals surface area contributed by atoms with E-state index in [4.69, 9.17) is 0 Å². The third-order valence-corrected chi connectivity index (χ3v) is 3.57. The number of hydrogen-bond acceptors (Lipinski definition) is 2. The summed E-state index contributed by atoms with van der Waals surface area (Å²) in [5, 5.41) is 12.6. The lowest BCUT2D eigenvalue weighted by Crippen LogP contribution is -2.53. The molecule has 1 rings (SSSR count). The third-order valence-electron chi connectivity index (χ3n) is 3.06. The molecule has 0 aromatic heterocycles. The summed E-state index contributed by atoms with van der Waals surface area (Å²) in [6.07, 6.45) is 3.96. The minimum Gasteiger partial charge on any atom is -0.394 e. The molecule has 1 aliphatic carbocycles. The van der Waals surface area contributed by atoms with Crippen molar-refractivity contribution in [1.29, 1.82) is 0 Å². The number of carbonyl (C=O) groups excluding carboxylic acids is 1. The Morgan fingerprint density at radius 1 is 1.57 bits per heavy atom. The molecule has 0 saturated heterocycles. The Hall–Kier alpha value is -0.0900. The highest BCUT2D eigenvalue weighted by Crippen LogP contribution is 2.31. The molecule has 1 fully saturated rings. The molecule has 2 N–H and O–H groups in total. The number of alkyl halides is 1. The summed E-state index contributed by atoms with van der Waals surface area (Å²) < 4.78 is 0. The summed E-state index contributed by atoms with van der Waals surface area (Å²) in [7, 11) is 0. The maximum atomic E-state index is 11.3. The van der Waals surface area contributed by atoms with E-state index in [1.165, 1.54) is 0 Å². The molecule has 1 saturated carbocycles. The van der Waals surface area contributed by atoms with Crippen LogP contribution in [0, 0.1) is 5.92 Å². The lowest BCUT2D eigenvalue weighted by Gasteiger charge is -2.38. The number of aliphatic hydroxyl groups is 1. The monoisotopic (exact) mass is 263 g/mol. The van der Waals surface area contributed by atoms with Gasteiger partial charge < -0.3 is 10.4 Å². The lowest BCUT2D eigenvalue weighted by atomic mass is 9.77. The van der Waals surface area contributed by atoms with Crippen molar-refractivity contribution in [3.63, 3.8) is 0 Å². The van der Waals surface area contributed by atoms with Crippen molar-refractivity contribution in [2.24, 2.45) is 5.92 Å². The number of hydrogen-bond donors (Lipinski definition) is 2. The molecule has 0 atom stereocenters. The van der Waals surface area contributed by atoms with Crippen LogP contribution in [0.2, 0.25) is 0 Å². The molecule has 0 heterocycles. The van der Waals surface area contributed by atoms with Gasteiger partial charge in [0.25, 0.3) is 0 Å². The standard InChI is InChI=1S/C10H18BrNO2/c1-8-2-4-10(7-13,5-3-8)12-9(14)6-11/h8,13H,2-7H2,1H3,(H,12,14). The maximum Gasteiger partial charge on any atom is 0.231 e. The molecule has 0 aliphatic heterocycles. The molecule has 0 spiro atoms. The number of rotatable bonds is 3. The molecule has 0 aromatic rings. The molecule has 0 bridgehead atoms. The summed E-state index contributed by atoms with van der Waals surface area (Å²) in [5.41, 5.74) is -0.350. The van der Waals surface area contributed by atoms with Crippen LogP contribution in [0.4, 0.5) is 0 Å². The molecule has 4 heteroatoms. The fourth-order valence-electron chi connectivity index (χ4n) is 1.97. The van der Waals surface area contributed by atoms with Crippen LogP contribution in [0.25, 0.3) is 0 Å². The Morgan fingerprint density at radius 3 is 2.57 bits per heavy atom. The predicted molar refractivity (Wildman–Crippen MR) is 59.4 cm³/mol. The Morgan fingerprint density at radius 2 is 2.14 bits per heavy atom. The zero-order valence-corrected chi connectivity index (χ0v) is 10.1. The van der Waals surface area contributed by atoms with Crippen molar-refractivity contribution in [3.8, 4) is 0 Å². The Labute approximate surface area is 93.4 Å². The lowest BCUT2D eigenvalue weighted by molar-refractivity contribution is -0.121. The van der Waals surface area contributed by atoms with Crippen molar-refractivity contribution in [2.75, 3.05) is 11.9 Å². The van der Waals surface area contributed by atoms with Crippen LogP contribution < -0.4 is 5.32 Å². The highest BCUT2D eigenvalue weighted by Gasteiger charge is 2.34. The minimum atomic E-state index is -0.350. The zero-order valence-electron chi connectivity index (χ0n) is 8.55. The van der Waals surface area contributed by atoms with Crippen LogP contribution in [0.1, 0.15) is 32.6 Å². The molecule has 0 radical (unpaired) electrons. The average molecular weight is 264 g/mol. The van der Waals surface area contributed by atoms with Gasteiger partial charge >= 0.3 is 0 Å². The fourth-order valence-corrected chi connectivity index (χ4v) is 2.11. The van der Waals surface area contributed by atoms with Gasteiger partial charge in [0.05, 0.1) is 17.5 Å². The second-order valence-electron chi connectivity index (χ2n) is 4.30. The van der Waals surface area contributed by atoms with Gasteiger partial charge in [-0.3, -0.25) is 4.79 Å². The van der Waals surface area contributed by atoms with Crippen LogP contribution in [0.3, 0.4) is 0 Å². The maximum absolute atomic E-state index is 11.3. The van der Waals surface area contributed by atoms with Gasteiger partial charge in [0.15, 0.2) is 0 Å². The Balaban J connectivity index is 2.54. The van der Waals surface area contributed by atoms with Crippen LogP contribution in [0.15, 0.2) is 0 Å². The molecule has 1 aliphatic rings. The predicted octanol–water partition coefficient (Wildman–Crippen LogP) is 1.44. The van der Waals surface area contributed by atoms with Crippen LogP contribution in [-0.4, -0.2) is 28.5 Å². The molecule has 1 amide bonds. The van der Waals surface area contributed by atoms with Gasteiger partial charge in [-0.25, -0.2) is 0 Å². The van der Waals surface area contributed by atoms with Crippen molar-refractivity contribution < 1.29 is 9.90 Å². The van der Waals surface area contributed by atoms with Gasteiger partial charge in [0, 0.05) is 0 Å². The number of halogens is 1. The van der Waals surface area contributed by atoms with Gasteiger partial charge in [-0.1, -0.05) is 22.9 Å². The molecule has 3 nitrogen and oxygen atoms in total. The number of amides is 1. The first-order valence-electron chi connectivity index (χ1n) is 5.10. The highest BCUT2D eigenvalue weighted by atomic mass is 79.9. The largest absolute Gasteiger partial charge is 0.394 e. The van der Waals surface area contributed by atoms with Gasteiger partial charge in [-0.2, -0.15) is 0 Å². The first-order valence-corrected chi connectivity index (χ1v) is 6.22. The topological polar surface area (TPSA) is 49.3 Å². The summed E-state index contributed by atoms with van der Waals surface area (Å²) in [6, 6.07) is 0. The Kier molecular flexibility index (Phi) is 4.38. The van der Waals surface area contributed by atoms with Crippen LogP contribution in [0.5, 0.6) is 0 Å². The van der Waals surface area contributed by atoms with E-state index in [1.807, 2.05) is 0 Å². The second-order valence-corrected chi connectivity index (χ2v) is 4.86. The van der Waals surface area contributed by atoms with E-state index in [9.17, 15) is 9.90 Å². The summed E-state index contributed by atoms with van der Waals surface area (Å²) in [6.45, 7) is 2.27. The quantitative estimate of drug-likeness (QED) is 0.758. The van der Waals surface area contributed by atoms with E-state index in [1.54, 1.807) is 0 Å². The molecular weight excluding hydrogens is 246 g/mol. The minimum absolute atomic E-state index is 0.0337. The van der Waals surface area contributed by atoms with E-state index in [0.717, 1.165) is 31.6 Å². The third kappa shape index (κ3) is 2.95. The van der Waals surface area contributed by atoms with Crippen LogP contribution in [-0.2, 0) is 4.79 Å². The fraction of sp³-hybridized carbons (Fsp3) is 0.900. The summed E-state index contributed by atoms with van der Waals surface area (Å²) in [5.74, 6) is 0.684. The van der Waals surface area contributed by atoms with Crippen molar-refractivity contribution in [1.82, 2.24) is 5.32 Å². The molecule has 0 unspecified atom stereocenters. The first-order chi connectivity index (χ1) is 6.62. The molecule has 82 valence electrons. The van der Waals surface area contributed by atoms with Crippen LogP contribution >= 0.6 is 15.9 Å². The smallest absolute Gasteiger partial charge is 0.231 e. The summed E-state index contributed by atoms with van der Waals surface area (Å²) >= 11 is 3.11. The van der Waals surface area contributed by atoms with Crippen molar-refractivity contribution in [3.05, 3.63) is 0 Å². The zero-order chi connectivity index (χ0) is 10.6. The normalized spacial score (nSPS) is 32.6. The van der Waals surface area contributed by atoms with Crippen molar-refractivity contribution >= 4 is 21.8 Å². The summed E-state index contributed by atoms with van der Waals surface area (Å²) in [4.78, 5) is 11.3. The van der Waals surface area contributed by atoms with E-state index in [0.29, 0.717) is 5.33 Å². The SMILES string of the molecule is CC1CCC(CO)(NC(=O)CBr)CC1. The molecular formula is C10H18BrNO2. The molecule has 0 aromatic carbocycles. The number of nitrogens with one attached hydrogen (secondary N) is 1. The van der Waals surface area contributed by atoms with E-state index in [-0.39, 0.29) is 18.1 Å². The van der Waals surface area contributed by atoms with Crippen molar-refractivity contribution in [2.45, 2.75) is 38.1 Å². The van der Waals surface area contributed by atoms with E-state index in [2.05, 4.69) is 28.2 Å². The second kappa shape index (κ2) is 5.12. The van der Waals surface area contributed by atoms with Gasteiger partial charge in [-0.15, -0.1) is 0 Å². The van der Waals surface area contributed by atoms with Gasteiger partial charge in [0.2, 0.25) is 5.91 Å². The molecule has 14 heavy (non-hydrogen) atoms. The number of carbonyl (C=O) groups is 1. The van der Waals surface area contributed by atoms with E-state index < -0.39 is 0 Å². The average Bonchev–Trinajstić information content (AvgIpc) is 2.22. The van der Waals surface area contributed by atoms with E-state index >= 15 is 0 Å². The van der Waals surface area contributed by atoms with Gasteiger partial charge in [-0.05, 0) is 31.6 Å².